The zero-order chi connectivity index (χ0) is 16.1. The molecule has 1 atom stereocenters. The number of nitrogens with one attached hydrogen (secondary N) is 1. The SMILES string of the molecule is CC(=O)c1cc(C(=O)NCCC(O)c2ccccc2)n(C)c1. The molecule has 0 fully saturated rings. The molecule has 2 rings (SSSR count). The fraction of sp³-hybridized carbons (Fsp3) is 0.294. The van der Waals surface area contributed by atoms with Gasteiger partial charge in [0.15, 0.2) is 5.78 Å². The Morgan fingerprint density at radius 2 is 1.95 bits per heavy atom. The Morgan fingerprint density at radius 3 is 2.55 bits per heavy atom. The molecule has 116 valence electrons. The number of aryl methyl sites for hydroxylation is 1. The number of aliphatic hydroxyl groups excluding tert-OH is 1. The summed E-state index contributed by atoms with van der Waals surface area (Å²) in [7, 11) is 1.72. The summed E-state index contributed by atoms with van der Waals surface area (Å²) in [6, 6.07) is 10.9. The van der Waals surface area contributed by atoms with E-state index in [1.54, 1.807) is 23.9 Å². The highest BCUT2D eigenvalue weighted by atomic mass is 16.3. The van der Waals surface area contributed by atoms with Gasteiger partial charge in [-0.25, -0.2) is 0 Å². The van der Waals surface area contributed by atoms with E-state index in [4.69, 9.17) is 0 Å². The second-order valence-electron chi connectivity index (χ2n) is 5.25. The molecule has 0 aliphatic carbocycles. The standard InChI is InChI=1S/C17H20N2O3/c1-12(20)14-10-15(19(2)11-14)17(22)18-9-8-16(21)13-6-4-3-5-7-13/h3-7,10-11,16,21H,8-9H2,1-2H3,(H,18,22). The molecule has 1 aromatic heterocycles. The van der Waals surface area contributed by atoms with Gasteiger partial charge in [-0.15, -0.1) is 0 Å². The van der Waals surface area contributed by atoms with E-state index >= 15 is 0 Å². The lowest BCUT2D eigenvalue weighted by Gasteiger charge is -2.11. The predicted molar refractivity (Wildman–Crippen MR) is 83.8 cm³/mol. The molecule has 0 aliphatic rings. The average molecular weight is 300 g/mol. The number of hydrogen-bond donors (Lipinski definition) is 2. The summed E-state index contributed by atoms with van der Waals surface area (Å²) in [4.78, 5) is 23.4. The van der Waals surface area contributed by atoms with Crippen LogP contribution >= 0.6 is 0 Å². The van der Waals surface area contributed by atoms with Gasteiger partial charge < -0.3 is 15.0 Å². The number of nitrogens with zero attached hydrogens (tertiary/aromatic N) is 1. The van der Waals surface area contributed by atoms with Crippen LogP contribution in [-0.2, 0) is 7.05 Å². The lowest BCUT2D eigenvalue weighted by atomic mass is 10.1. The molecule has 0 radical (unpaired) electrons. The van der Waals surface area contributed by atoms with Crippen LogP contribution in [0, 0.1) is 0 Å². The number of ketones is 1. The second kappa shape index (κ2) is 7.04. The summed E-state index contributed by atoms with van der Waals surface area (Å²) in [5.74, 6) is -0.329. The Balaban J connectivity index is 1.89. The summed E-state index contributed by atoms with van der Waals surface area (Å²) in [6.45, 7) is 1.82. The van der Waals surface area contributed by atoms with Gasteiger partial charge in [0, 0.05) is 25.4 Å². The molecule has 0 aliphatic heterocycles. The minimum atomic E-state index is -0.609. The topological polar surface area (TPSA) is 71.3 Å². The number of carbonyl (C=O) groups excluding carboxylic acids is 2. The highest BCUT2D eigenvalue weighted by Gasteiger charge is 2.14. The van der Waals surface area contributed by atoms with Crippen LogP contribution in [0.5, 0.6) is 0 Å². The van der Waals surface area contributed by atoms with Gasteiger partial charge in [0.1, 0.15) is 5.69 Å². The molecule has 2 aromatic rings. The molecule has 1 aromatic carbocycles. The van der Waals surface area contributed by atoms with Crippen LogP contribution in [0.4, 0.5) is 0 Å². The van der Waals surface area contributed by atoms with E-state index in [2.05, 4.69) is 5.32 Å². The number of carbonyl (C=O) groups is 2. The second-order valence-corrected chi connectivity index (χ2v) is 5.25. The molecular weight excluding hydrogens is 280 g/mol. The Kier molecular flexibility index (Phi) is 5.12. The van der Waals surface area contributed by atoms with Crippen LogP contribution < -0.4 is 5.32 Å². The monoisotopic (exact) mass is 300 g/mol. The predicted octanol–water partition coefficient (Wildman–Crippen LogP) is 2.08. The van der Waals surface area contributed by atoms with Crippen LogP contribution in [-0.4, -0.2) is 27.9 Å². The van der Waals surface area contributed by atoms with Gasteiger partial charge in [0.25, 0.3) is 5.91 Å². The quantitative estimate of drug-likeness (QED) is 0.802. The number of aliphatic hydroxyl groups is 1. The van der Waals surface area contributed by atoms with Crippen molar-refractivity contribution in [2.75, 3.05) is 6.54 Å². The Hall–Kier alpha value is -2.40. The van der Waals surface area contributed by atoms with E-state index in [9.17, 15) is 14.7 Å². The van der Waals surface area contributed by atoms with Gasteiger partial charge in [-0.1, -0.05) is 30.3 Å². The van der Waals surface area contributed by atoms with Crippen molar-refractivity contribution in [3.05, 3.63) is 59.4 Å². The molecule has 22 heavy (non-hydrogen) atoms. The first kappa shape index (κ1) is 16.0. The van der Waals surface area contributed by atoms with E-state index in [0.29, 0.717) is 24.2 Å². The van der Waals surface area contributed by atoms with Crippen molar-refractivity contribution in [3.8, 4) is 0 Å². The highest BCUT2D eigenvalue weighted by Crippen LogP contribution is 2.15. The van der Waals surface area contributed by atoms with Crippen LogP contribution in [0.1, 0.15) is 45.9 Å². The van der Waals surface area contributed by atoms with Crippen molar-refractivity contribution in [2.24, 2.45) is 7.05 Å². The zero-order valence-corrected chi connectivity index (χ0v) is 12.7. The van der Waals surface area contributed by atoms with Crippen molar-refractivity contribution in [1.82, 2.24) is 9.88 Å². The summed E-state index contributed by atoms with van der Waals surface area (Å²) in [6.07, 6.45) is 1.46. The minimum absolute atomic E-state index is 0.0749. The largest absolute Gasteiger partial charge is 0.388 e. The van der Waals surface area contributed by atoms with Crippen molar-refractivity contribution in [1.29, 1.82) is 0 Å². The third-order valence-corrected chi connectivity index (χ3v) is 3.53. The van der Waals surface area contributed by atoms with E-state index in [1.807, 2.05) is 30.3 Å². The number of benzene rings is 1. The fourth-order valence-electron chi connectivity index (χ4n) is 2.24. The van der Waals surface area contributed by atoms with Gasteiger partial charge in [-0.2, -0.15) is 0 Å². The summed E-state index contributed by atoms with van der Waals surface area (Å²) in [5, 5.41) is 12.8. The zero-order valence-electron chi connectivity index (χ0n) is 12.7. The third-order valence-electron chi connectivity index (χ3n) is 3.53. The van der Waals surface area contributed by atoms with Gasteiger partial charge in [0.05, 0.1) is 6.10 Å². The number of amides is 1. The van der Waals surface area contributed by atoms with Crippen LogP contribution in [0.25, 0.3) is 0 Å². The normalized spacial score (nSPS) is 12.0. The lowest BCUT2D eigenvalue weighted by molar-refractivity contribution is 0.0934. The molecule has 5 nitrogen and oxygen atoms in total. The van der Waals surface area contributed by atoms with Crippen molar-refractivity contribution in [3.63, 3.8) is 0 Å². The summed E-state index contributed by atoms with van der Waals surface area (Å²) < 4.78 is 1.62. The van der Waals surface area contributed by atoms with E-state index in [-0.39, 0.29) is 11.7 Å². The average Bonchev–Trinajstić information content (AvgIpc) is 2.90. The summed E-state index contributed by atoms with van der Waals surface area (Å²) >= 11 is 0. The van der Waals surface area contributed by atoms with Crippen molar-refractivity contribution in [2.45, 2.75) is 19.4 Å². The maximum absolute atomic E-state index is 12.1. The number of Topliss-reactive ketones (excluding diaryl/α,β-unsaturated/α-hetero) is 1. The molecule has 0 saturated carbocycles. The fourth-order valence-corrected chi connectivity index (χ4v) is 2.24. The Bertz CT molecular complexity index is 662. The summed E-state index contributed by atoms with van der Waals surface area (Å²) in [5.41, 5.74) is 1.77. The first-order chi connectivity index (χ1) is 10.5. The smallest absolute Gasteiger partial charge is 0.267 e. The van der Waals surface area contributed by atoms with Crippen LogP contribution in [0.2, 0.25) is 0 Å². The van der Waals surface area contributed by atoms with Gasteiger partial charge >= 0.3 is 0 Å². The van der Waals surface area contributed by atoms with Gasteiger partial charge in [0.2, 0.25) is 0 Å². The number of hydrogen-bond acceptors (Lipinski definition) is 3. The third kappa shape index (κ3) is 3.83. The van der Waals surface area contributed by atoms with E-state index < -0.39 is 6.10 Å². The number of aromatic nitrogens is 1. The molecule has 0 saturated heterocycles. The maximum atomic E-state index is 12.1. The first-order valence-corrected chi connectivity index (χ1v) is 7.17. The molecule has 0 bridgehead atoms. The minimum Gasteiger partial charge on any atom is -0.388 e. The molecule has 5 heteroatoms. The molecule has 1 amide bonds. The molecular formula is C17H20N2O3. The molecule has 0 spiro atoms. The number of rotatable bonds is 6. The Labute approximate surface area is 129 Å². The highest BCUT2D eigenvalue weighted by molar-refractivity contribution is 5.99. The van der Waals surface area contributed by atoms with Gasteiger partial charge in [-0.05, 0) is 25.0 Å². The van der Waals surface area contributed by atoms with Crippen LogP contribution in [0.3, 0.4) is 0 Å². The molecule has 1 heterocycles. The van der Waals surface area contributed by atoms with Crippen LogP contribution in [0.15, 0.2) is 42.6 Å². The van der Waals surface area contributed by atoms with Gasteiger partial charge in [-0.3, -0.25) is 9.59 Å². The molecule has 1 unspecified atom stereocenters. The first-order valence-electron chi connectivity index (χ1n) is 7.17. The lowest BCUT2D eigenvalue weighted by Crippen LogP contribution is -2.27. The van der Waals surface area contributed by atoms with E-state index in [1.165, 1.54) is 6.92 Å². The Morgan fingerprint density at radius 1 is 1.27 bits per heavy atom. The van der Waals surface area contributed by atoms with Crippen molar-refractivity contribution >= 4 is 11.7 Å². The maximum Gasteiger partial charge on any atom is 0.267 e. The molecule has 2 N–H and O–H groups in total. The van der Waals surface area contributed by atoms with E-state index in [0.717, 1.165) is 5.56 Å². The van der Waals surface area contributed by atoms with Crippen molar-refractivity contribution < 1.29 is 14.7 Å².